The lowest BCUT2D eigenvalue weighted by molar-refractivity contribution is 0.552. The van der Waals surface area contributed by atoms with Crippen molar-refractivity contribution in [3.05, 3.63) is 36.0 Å². The number of hydrogen-bond acceptors (Lipinski definition) is 2. The van der Waals surface area contributed by atoms with Crippen molar-refractivity contribution in [1.82, 2.24) is 9.88 Å². The van der Waals surface area contributed by atoms with Gasteiger partial charge in [-0.25, -0.2) is 0 Å². The minimum absolute atomic E-state index is 0.703. The van der Waals surface area contributed by atoms with E-state index < -0.39 is 0 Å². The summed E-state index contributed by atoms with van der Waals surface area (Å²) in [5, 5.41) is 4.87. The SMILES string of the molecule is CSCCCn1ccc2ccc(CNCC(C)C)cc21. The first-order valence-corrected chi connectivity index (χ1v) is 8.87. The van der Waals surface area contributed by atoms with Gasteiger partial charge < -0.3 is 9.88 Å². The van der Waals surface area contributed by atoms with E-state index in [1.807, 2.05) is 11.8 Å². The second kappa shape index (κ2) is 7.75. The molecule has 0 aliphatic rings. The molecule has 1 aromatic heterocycles. The third-order valence-electron chi connectivity index (χ3n) is 3.47. The van der Waals surface area contributed by atoms with E-state index in [1.165, 1.54) is 28.6 Å². The molecular weight excluding hydrogens is 264 g/mol. The second-order valence-electron chi connectivity index (χ2n) is 5.77. The normalized spacial score (nSPS) is 11.6. The van der Waals surface area contributed by atoms with Gasteiger partial charge in [-0.1, -0.05) is 26.0 Å². The smallest absolute Gasteiger partial charge is 0.0483 e. The molecule has 0 radical (unpaired) electrons. The summed E-state index contributed by atoms with van der Waals surface area (Å²) in [7, 11) is 0. The number of fused-ring (bicyclic) bond motifs is 1. The van der Waals surface area contributed by atoms with Gasteiger partial charge in [0.05, 0.1) is 0 Å². The van der Waals surface area contributed by atoms with Crippen molar-refractivity contribution in [3.63, 3.8) is 0 Å². The van der Waals surface area contributed by atoms with E-state index >= 15 is 0 Å². The number of nitrogens with one attached hydrogen (secondary N) is 1. The first-order chi connectivity index (χ1) is 9.70. The summed E-state index contributed by atoms with van der Waals surface area (Å²) in [4.78, 5) is 0. The largest absolute Gasteiger partial charge is 0.347 e. The number of aromatic nitrogens is 1. The van der Waals surface area contributed by atoms with Gasteiger partial charge in [0.25, 0.3) is 0 Å². The van der Waals surface area contributed by atoms with E-state index in [0.29, 0.717) is 5.92 Å². The predicted molar refractivity (Wildman–Crippen MR) is 91.5 cm³/mol. The summed E-state index contributed by atoms with van der Waals surface area (Å²) in [5.41, 5.74) is 2.75. The maximum atomic E-state index is 3.52. The molecule has 0 spiro atoms. The van der Waals surface area contributed by atoms with Crippen molar-refractivity contribution >= 4 is 22.7 Å². The van der Waals surface area contributed by atoms with E-state index in [1.54, 1.807) is 0 Å². The van der Waals surface area contributed by atoms with Crippen LogP contribution in [-0.4, -0.2) is 23.1 Å². The molecule has 0 amide bonds. The number of nitrogens with zero attached hydrogens (tertiary/aromatic N) is 1. The fourth-order valence-electron chi connectivity index (χ4n) is 2.42. The topological polar surface area (TPSA) is 17.0 Å². The highest BCUT2D eigenvalue weighted by Crippen LogP contribution is 2.18. The highest BCUT2D eigenvalue weighted by Gasteiger charge is 2.03. The summed E-state index contributed by atoms with van der Waals surface area (Å²) in [6.07, 6.45) is 5.63. The number of aryl methyl sites for hydroxylation is 1. The van der Waals surface area contributed by atoms with E-state index in [0.717, 1.165) is 19.6 Å². The molecule has 110 valence electrons. The van der Waals surface area contributed by atoms with Crippen molar-refractivity contribution in [1.29, 1.82) is 0 Å². The van der Waals surface area contributed by atoms with Crippen LogP contribution >= 0.6 is 11.8 Å². The predicted octanol–water partition coefficient (Wildman–Crippen LogP) is 4.14. The molecule has 1 aromatic carbocycles. The average molecular weight is 290 g/mol. The quantitative estimate of drug-likeness (QED) is 0.736. The zero-order valence-corrected chi connectivity index (χ0v) is 13.7. The molecule has 1 heterocycles. The molecule has 2 rings (SSSR count). The van der Waals surface area contributed by atoms with Crippen LogP contribution in [0.2, 0.25) is 0 Å². The number of thioether (sulfide) groups is 1. The Morgan fingerprint density at radius 2 is 2.10 bits per heavy atom. The van der Waals surface area contributed by atoms with Crippen LogP contribution in [0.15, 0.2) is 30.5 Å². The summed E-state index contributed by atoms with van der Waals surface area (Å²) in [6.45, 7) is 7.64. The molecule has 0 saturated carbocycles. The van der Waals surface area contributed by atoms with Crippen LogP contribution < -0.4 is 5.32 Å². The number of rotatable bonds is 8. The van der Waals surface area contributed by atoms with E-state index in [4.69, 9.17) is 0 Å². The first kappa shape index (κ1) is 15.5. The lowest BCUT2D eigenvalue weighted by Gasteiger charge is -2.09. The van der Waals surface area contributed by atoms with Gasteiger partial charge in [-0.2, -0.15) is 11.8 Å². The summed E-state index contributed by atoms with van der Waals surface area (Å²) in [5.74, 6) is 1.93. The summed E-state index contributed by atoms with van der Waals surface area (Å²) in [6, 6.07) is 9.04. The molecule has 0 atom stereocenters. The van der Waals surface area contributed by atoms with Gasteiger partial charge in [-0.15, -0.1) is 0 Å². The van der Waals surface area contributed by atoms with Crippen molar-refractivity contribution in [2.24, 2.45) is 5.92 Å². The summed E-state index contributed by atoms with van der Waals surface area (Å²) < 4.78 is 2.39. The van der Waals surface area contributed by atoms with E-state index in [9.17, 15) is 0 Å². The Bertz CT molecular complexity index is 531. The highest BCUT2D eigenvalue weighted by molar-refractivity contribution is 7.98. The molecule has 2 nitrogen and oxygen atoms in total. The van der Waals surface area contributed by atoms with Gasteiger partial charge in [-0.05, 0) is 54.0 Å². The minimum Gasteiger partial charge on any atom is -0.347 e. The zero-order chi connectivity index (χ0) is 14.4. The third-order valence-corrected chi connectivity index (χ3v) is 4.16. The Kier molecular flexibility index (Phi) is 5.99. The summed E-state index contributed by atoms with van der Waals surface area (Å²) >= 11 is 1.92. The lowest BCUT2D eigenvalue weighted by atomic mass is 10.1. The van der Waals surface area contributed by atoms with Crippen LogP contribution in [0, 0.1) is 5.92 Å². The molecule has 20 heavy (non-hydrogen) atoms. The Labute approximate surface area is 126 Å². The monoisotopic (exact) mass is 290 g/mol. The molecular formula is C17H26N2S. The van der Waals surface area contributed by atoms with Crippen LogP contribution in [0.25, 0.3) is 10.9 Å². The van der Waals surface area contributed by atoms with Crippen molar-refractivity contribution < 1.29 is 0 Å². The Balaban J connectivity index is 2.04. The van der Waals surface area contributed by atoms with Crippen molar-refractivity contribution in [2.75, 3.05) is 18.6 Å². The number of benzene rings is 1. The molecule has 0 aliphatic heterocycles. The van der Waals surface area contributed by atoms with Gasteiger partial charge in [0.1, 0.15) is 0 Å². The Morgan fingerprint density at radius 1 is 1.25 bits per heavy atom. The third kappa shape index (κ3) is 4.29. The Morgan fingerprint density at radius 3 is 2.85 bits per heavy atom. The van der Waals surface area contributed by atoms with Crippen LogP contribution in [0.4, 0.5) is 0 Å². The standard InChI is InChI=1S/C17H26N2S/c1-14(2)12-18-13-15-5-6-16-7-9-19(17(16)11-15)8-4-10-20-3/h5-7,9,11,14,18H,4,8,10,12-13H2,1-3H3. The van der Waals surface area contributed by atoms with Crippen molar-refractivity contribution in [3.8, 4) is 0 Å². The fourth-order valence-corrected chi connectivity index (χ4v) is 2.84. The van der Waals surface area contributed by atoms with Crippen LogP contribution in [-0.2, 0) is 13.1 Å². The zero-order valence-electron chi connectivity index (χ0n) is 12.9. The average Bonchev–Trinajstić information content (AvgIpc) is 2.81. The number of hydrogen-bond donors (Lipinski definition) is 1. The van der Waals surface area contributed by atoms with Crippen molar-refractivity contribution in [2.45, 2.75) is 33.4 Å². The van der Waals surface area contributed by atoms with Gasteiger partial charge in [-0.3, -0.25) is 0 Å². The molecule has 2 aromatic rings. The first-order valence-electron chi connectivity index (χ1n) is 7.48. The molecule has 3 heteroatoms. The maximum absolute atomic E-state index is 3.52. The van der Waals surface area contributed by atoms with Gasteiger partial charge in [0.15, 0.2) is 0 Å². The molecule has 0 fully saturated rings. The molecule has 0 saturated heterocycles. The maximum Gasteiger partial charge on any atom is 0.0483 e. The Hall–Kier alpha value is -0.930. The van der Waals surface area contributed by atoms with Gasteiger partial charge >= 0.3 is 0 Å². The minimum atomic E-state index is 0.703. The molecule has 0 bridgehead atoms. The van der Waals surface area contributed by atoms with Gasteiger partial charge in [0, 0.05) is 24.8 Å². The van der Waals surface area contributed by atoms with E-state index in [2.05, 4.69) is 60.4 Å². The van der Waals surface area contributed by atoms with Crippen LogP contribution in [0.5, 0.6) is 0 Å². The second-order valence-corrected chi connectivity index (χ2v) is 6.76. The molecule has 1 N–H and O–H groups in total. The lowest BCUT2D eigenvalue weighted by Crippen LogP contribution is -2.18. The van der Waals surface area contributed by atoms with E-state index in [-0.39, 0.29) is 0 Å². The molecule has 0 unspecified atom stereocenters. The van der Waals surface area contributed by atoms with Gasteiger partial charge in [0.2, 0.25) is 0 Å². The fraction of sp³-hybridized carbons (Fsp3) is 0.529. The molecule has 0 aliphatic carbocycles. The highest BCUT2D eigenvalue weighted by atomic mass is 32.2. The van der Waals surface area contributed by atoms with Crippen LogP contribution in [0.3, 0.4) is 0 Å². The van der Waals surface area contributed by atoms with Crippen LogP contribution in [0.1, 0.15) is 25.8 Å².